The maximum atomic E-state index is 11.5. The van der Waals surface area contributed by atoms with Crippen molar-refractivity contribution in [3.8, 4) is 0 Å². The van der Waals surface area contributed by atoms with Gasteiger partial charge in [0.05, 0.1) is 5.69 Å². The van der Waals surface area contributed by atoms with Gasteiger partial charge in [0, 0.05) is 9.61 Å². The summed E-state index contributed by atoms with van der Waals surface area (Å²) in [5, 5.41) is 0. The van der Waals surface area contributed by atoms with Gasteiger partial charge in [-0.05, 0) is 54.6 Å². The molecule has 1 rings (SSSR count). The molecule has 0 aromatic heterocycles. The molecule has 0 aliphatic rings. The van der Waals surface area contributed by atoms with E-state index >= 15 is 0 Å². The fraction of sp³-hybridized carbons (Fsp3) is 0.333. The van der Waals surface area contributed by atoms with E-state index < -0.39 is 10.2 Å². The molecule has 0 aliphatic carbocycles. The first-order valence-electron chi connectivity index (χ1n) is 4.45. The highest BCUT2D eigenvalue weighted by molar-refractivity contribution is 14.1. The molecule has 4 nitrogen and oxygen atoms in total. The van der Waals surface area contributed by atoms with Crippen LogP contribution in [0.25, 0.3) is 0 Å². The third kappa shape index (κ3) is 4.80. The van der Waals surface area contributed by atoms with E-state index in [0.29, 0.717) is 5.69 Å². The molecule has 0 unspecified atom stereocenters. The molecule has 0 heterocycles. The average molecular weight is 340 g/mol. The van der Waals surface area contributed by atoms with Crippen molar-refractivity contribution < 1.29 is 8.42 Å². The molecule has 1 aromatic carbocycles. The van der Waals surface area contributed by atoms with Gasteiger partial charge in [-0.15, -0.1) is 0 Å². The first-order valence-corrected chi connectivity index (χ1v) is 7.01. The van der Waals surface area contributed by atoms with Crippen LogP contribution >= 0.6 is 22.6 Å². The summed E-state index contributed by atoms with van der Waals surface area (Å²) in [6, 6.07) is 7.05. The lowest BCUT2D eigenvalue weighted by molar-refractivity contribution is 0.575. The molecule has 0 radical (unpaired) electrons. The Balaban J connectivity index is 2.78. The van der Waals surface area contributed by atoms with Crippen LogP contribution in [0, 0.1) is 3.57 Å². The highest BCUT2D eigenvalue weighted by Crippen LogP contribution is 2.13. The molecule has 0 bridgehead atoms. The predicted molar refractivity (Wildman–Crippen MR) is 70.0 cm³/mol. The van der Waals surface area contributed by atoms with Crippen molar-refractivity contribution >= 4 is 38.5 Å². The molecule has 2 N–H and O–H groups in total. The first kappa shape index (κ1) is 12.7. The zero-order valence-electron chi connectivity index (χ0n) is 8.49. The Hall–Kier alpha value is -0.340. The van der Waals surface area contributed by atoms with E-state index in [2.05, 4.69) is 32.0 Å². The van der Waals surface area contributed by atoms with Gasteiger partial charge < -0.3 is 0 Å². The minimum Gasteiger partial charge on any atom is -0.271 e. The highest BCUT2D eigenvalue weighted by Gasteiger charge is 2.10. The summed E-state index contributed by atoms with van der Waals surface area (Å²) in [5.41, 5.74) is 0.565. The van der Waals surface area contributed by atoms with Gasteiger partial charge in [0.1, 0.15) is 0 Å². The molecule has 0 amide bonds. The van der Waals surface area contributed by atoms with Crippen LogP contribution in [0.2, 0.25) is 0 Å². The lowest BCUT2D eigenvalue weighted by atomic mass is 10.3. The third-order valence-corrected chi connectivity index (χ3v) is 3.42. The third-order valence-electron chi connectivity index (χ3n) is 1.47. The van der Waals surface area contributed by atoms with E-state index in [1.807, 2.05) is 6.07 Å². The second kappa shape index (κ2) is 5.13. The Morgan fingerprint density at radius 1 is 1.33 bits per heavy atom. The minimum absolute atomic E-state index is 0.120. The second-order valence-corrected chi connectivity index (χ2v) is 6.08. The van der Waals surface area contributed by atoms with Gasteiger partial charge in [0.25, 0.3) is 10.2 Å². The van der Waals surface area contributed by atoms with Gasteiger partial charge in [-0.1, -0.05) is 6.07 Å². The predicted octanol–water partition coefficient (Wildman–Crippen LogP) is 1.95. The van der Waals surface area contributed by atoms with Crippen molar-refractivity contribution in [2.24, 2.45) is 0 Å². The van der Waals surface area contributed by atoms with Crippen molar-refractivity contribution in [1.29, 1.82) is 0 Å². The fourth-order valence-corrected chi connectivity index (χ4v) is 2.71. The van der Waals surface area contributed by atoms with Crippen molar-refractivity contribution in [2.45, 2.75) is 19.9 Å². The summed E-state index contributed by atoms with van der Waals surface area (Å²) in [6.45, 7) is 3.54. The summed E-state index contributed by atoms with van der Waals surface area (Å²) in [5.74, 6) is 0. The fourth-order valence-electron chi connectivity index (χ4n) is 1.05. The van der Waals surface area contributed by atoms with Crippen molar-refractivity contribution in [3.63, 3.8) is 0 Å². The normalized spacial score (nSPS) is 11.7. The monoisotopic (exact) mass is 340 g/mol. The topological polar surface area (TPSA) is 58.2 Å². The molecule has 1 aromatic rings. The number of hydrogen-bond acceptors (Lipinski definition) is 2. The average Bonchev–Trinajstić information content (AvgIpc) is 1.99. The number of nitrogens with one attached hydrogen (secondary N) is 2. The van der Waals surface area contributed by atoms with Gasteiger partial charge in [-0.2, -0.15) is 13.1 Å². The van der Waals surface area contributed by atoms with E-state index in [9.17, 15) is 8.42 Å². The lowest BCUT2D eigenvalue weighted by Crippen LogP contribution is -2.35. The summed E-state index contributed by atoms with van der Waals surface area (Å²) in [7, 11) is -3.45. The van der Waals surface area contributed by atoms with Crippen molar-refractivity contribution in [3.05, 3.63) is 27.8 Å². The maximum absolute atomic E-state index is 11.5. The molecule has 0 fully saturated rings. The van der Waals surface area contributed by atoms with E-state index in [1.165, 1.54) is 0 Å². The maximum Gasteiger partial charge on any atom is 0.299 e. The van der Waals surface area contributed by atoms with Crippen LogP contribution in [0.1, 0.15) is 13.8 Å². The Bertz CT molecular complexity index is 431. The van der Waals surface area contributed by atoms with Gasteiger partial charge in [0.15, 0.2) is 0 Å². The summed E-state index contributed by atoms with van der Waals surface area (Å²) in [4.78, 5) is 0. The minimum atomic E-state index is -3.45. The molecule has 6 heteroatoms. The lowest BCUT2D eigenvalue weighted by Gasteiger charge is -2.11. The van der Waals surface area contributed by atoms with Gasteiger partial charge in [-0.25, -0.2) is 0 Å². The van der Waals surface area contributed by atoms with E-state index in [1.54, 1.807) is 32.0 Å². The van der Waals surface area contributed by atoms with Crippen LogP contribution in [-0.4, -0.2) is 14.5 Å². The van der Waals surface area contributed by atoms with E-state index in [4.69, 9.17) is 0 Å². The van der Waals surface area contributed by atoms with E-state index in [0.717, 1.165) is 3.57 Å². The van der Waals surface area contributed by atoms with Crippen LogP contribution in [0.5, 0.6) is 0 Å². The van der Waals surface area contributed by atoms with Crippen LogP contribution < -0.4 is 9.44 Å². The van der Waals surface area contributed by atoms with Crippen LogP contribution in [0.15, 0.2) is 24.3 Å². The molecule has 15 heavy (non-hydrogen) atoms. The SMILES string of the molecule is CC(C)NS(=O)(=O)Nc1cccc(I)c1. The van der Waals surface area contributed by atoms with Gasteiger partial charge >= 0.3 is 0 Å². The number of anilines is 1. The van der Waals surface area contributed by atoms with Crippen LogP contribution in [-0.2, 0) is 10.2 Å². The Kier molecular flexibility index (Phi) is 4.35. The summed E-state index contributed by atoms with van der Waals surface area (Å²) < 4.78 is 28.9. The highest BCUT2D eigenvalue weighted by atomic mass is 127. The summed E-state index contributed by atoms with van der Waals surface area (Å²) in [6.07, 6.45) is 0. The Morgan fingerprint density at radius 3 is 2.53 bits per heavy atom. The molecule has 0 atom stereocenters. The molecule has 84 valence electrons. The van der Waals surface area contributed by atoms with Gasteiger partial charge in [0.2, 0.25) is 0 Å². The number of rotatable bonds is 4. The Labute approximate surface area is 104 Å². The van der Waals surface area contributed by atoms with E-state index in [-0.39, 0.29) is 6.04 Å². The van der Waals surface area contributed by atoms with Crippen molar-refractivity contribution in [1.82, 2.24) is 4.72 Å². The molecule has 0 aliphatic heterocycles. The summed E-state index contributed by atoms with van der Waals surface area (Å²) >= 11 is 2.13. The second-order valence-electron chi connectivity index (χ2n) is 3.39. The molecular formula is C9H13IN2O2S. The number of hydrogen-bond donors (Lipinski definition) is 2. The molecule has 0 spiro atoms. The molecule has 0 saturated carbocycles. The standard InChI is InChI=1S/C9H13IN2O2S/c1-7(2)11-15(13,14)12-9-5-3-4-8(10)6-9/h3-7,11-12H,1-2H3. The number of benzene rings is 1. The zero-order chi connectivity index (χ0) is 11.5. The smallest absolute Gasteiger partial charge is 0.271 e. The molecule has 0 saturated heterocycles. The Morgan fingerprint density at radius 2 is 2.00 bits per heavy atom. The number of halogens is 1. The van der Waals surface area contributed by atoms with Crippen LogP contribution in [0.4, 0.5) is 5.69 Å². The van der Waals surface area contributed by atoms with Crippen LogP contribution in [0.3, 0.4) is 0 Å². The molecular weight excluding hydrogens is 327 g/mol. The first-order chi connectivity index (χ1) is 6.89. The van der Waals surface area contributed by atoms with Crippen molar-refractivity contribution in [2.75, 3.05) is 4.72 Å². The zero-order valence-corrected chi connectivity index (χ0v) is 11.5. The quantitative estimate of drug-likeness (QED) is 0.823. The van der Waals surface area contributed by atoms with Gasteiger partial charge in [-0.3, -0.25) is 4.72 Å². The largest absolute Gasteiger partial charge is 0.299 e.